The molecule has 102 valence electrons. The fraction of sp³-hybridized carbons (Fsp3) is 0.500. The van der Waals surface area contributed by atoms with E-state index in [0.717, 1.165) is 12.1 Å². The minimum Gasteiger partial charge on any atom is -0.310 e. The Morgan fingerprint density at radius 3 is 2.56 bits per heavy atom. The third-order valence-corrected chi connectivity index (χ3v) is 4.12. The van der Waals surface area contributed by atoms with Crippen LogP contribution in [0.25, 0.3) is 0 Å². The molecule has 0 aliphatic rings. The lowest BCUT2D eigenvalue weighted by molar-refractivity contribution is 0.530. The van der Waals surface area contributed by atoms with Crippen molar-refractivity contribution < 1.29 is 8.42 Å². The zero-order chi connectivity index (χ0) is 13.8. The molecule has 0 spiro atoms. The van der Waals surface area contributed by atoms with Crippen LogP contribution in [0.2, 0.25) is 10.0 Å². The lowest BCUT2D eigenvalue weighted by atomic mass is 10.0. The van der Waals surface area contributed by atoms with Gasteiger partial charge in [0.25, 0.3) is 0 Å². The molecule has 1 rings (SSSR count). The van der Waals surface area contributed by atoms with Crippen molar-refractivity contribution in [1.29, 1.82) is 0 Å². The van der Waals surface area contributed by atoms with E-state index in [2.05, 4.69) is 5.32 Å². The van der Waals surface area contributed by atoms with E-state index >= 15 is 0 Å². The Morgan fingerprint density at radius 2 is 2.00 bits per heavy atom. The highest BCUT2D eigenvalue weighted by atomic mass is 35.5. The number of sulfone groups is 1. The van der Waals surface area contributed by atoms with Gasteiger partial charge in [-0.1, -0.05) is 30.1 Å². The van der Waals surface area contributed by atoms with Gasteiger partial charge >= 0.3 is 0 Å². The van der Waals surface area contributed by atoms with Gasteiger partial charge in [-0.15, -0.1) is 0 Å². The first-order valence-electron chi connectivity index (χ1n) is 5.69. The summed E-state index contributed by atoms with van der Waals surface area (Å²) in [6, 6.07) is 5.12. The van der Waals surface area contributed by atoms with Crippen LogP contribution in [-0.2, 0) is 9.84 Å². The molecule has 0 aromatic heterocycles. The van der Waals surface area contributed by atoms with Gasteiger partial charge in [0.05, 0.1) is 5.75 Å². The molecule has 0 radical (unpaired) electrons. The first-order valence-corrected chi connectivity index (χ1v) is 8.51. The van der Waals surface area contributed by atoms with Crippen molar-refractivity contribution in [2.75, 3.05) is 18.6 Å². The molecule has 3 nitrogen and oxygen atoms in total. The monoisotopic (exact) mass is 309 g/mol. The molecule has 0 bridgehead atoms. The molecule has 0 amide bonds. The van der Waals surface area contributed by atoms with E-state index in [9.17, 15) is 8.42 Å². The Bertz CT molecular complexity index is 503. The molecule has 0 heterocycles. The van der Waals surface area contributed by atoms with E-state index in [1.165, 1.54) is 6.26 Å². The number of benzene rings is 1. The van der Waals surface area contributed by atoms with Crippen LogP contribution in [-0.4, -0.2) is 27.0 Å². The molecular weight excluding hydrogens is 293 g/mol. The van der Waals surface area contributed by atoms with Crippen molar-refractivity contribution in [3.05, 3.63) is 33.8 Å². The molecular formula is C12H17Cl2NO2S. The molecule has 0 aliphatic carbocycles. The Kier molecular flexibility index (Phi) is 5.92. The summed E-state index contributed by atoms with van der Waals surface area (Å²) >= 11 is 12.1. The highest BCUT2D eigenvalue weighted by molar-refractivity contribution is 7.90. The molecule has 0 aliphatic heterocycles. The van der Waals surface area contributed by atoms with Crippen LogP contribution >= 0.6 is 23.2 Å². The third-order valence-electron chi connectivity index (χ3n) is 2.56. The van der Waals surface area contributed by atoms with Crippen LogP contribution in [0.1, 0.15) is 24.9 Å². The van der Waals surface area contributed by atoms with Crippen LogP contribution < -0.4 is 5.32 Å². The van der Waals surface area contributed by atoms with E-state index in [0.29, 0.717) is 16.5 Å². The second kappa shape index (κ2) is 6.75. The van der Waals surface area contributed by atoms with Crippen molar-refractivity contribution in [1.82, 2.24) is 5.32 Å². The lowest BCUT2D eigenvalue weighted by Gasteiger charge is -2.19. The van der Waals surface area contributed by atoms with Crippen molar-refractivity contribution >= 4 is 33.0 Å². The minimum atomic E-state index is -2.98. The Balaban J connectivity index is 2.93. The summed E-state index contributed by atoms with van der Waals surface area (Å²) in [5, 5.41) is 4.42. The maximum atomic E-state index is 11.2. The quantitative estimate of drug-likeness (QED) is 0.878. The summed E-state index contributed by atoms with van der Waals surface area (Å²) in [4.78, 5) is 0. The minimum absolute atomic E-state index is 0.101. The highest BCUT2D eigenvalue weighted by Crippen LogP contribution is 2.28. The van der Waals surface area contributed by atoms with Gasteiger partial charge in [0.1, 0.15) is 9.84 Å². The van der Waals surface area contributed by atoms with Gasteiger partial charge in [0.2, 0.25) is 0 Å². The molecule has 0 fully saturated rings. The van der Waals surface area contributed by atoms with Crippen molar-refractivity contribution in [2.24, 2.45) is 0 Å². The number of halogens is 2. The van der Waals surface area contributed by atoms with E-state index < -0.39 is 9.84 Å². The maximum absolute atomic E-state index is 11.2. The number of hydrogen-bond donors (Lipinski definition) is 1. The predicted octanol–water partition coefficient (Wildman–Crippen LogP) is 3.08. The van der Waals surface area contributed by atoms with Crippen molar-refractivity contribution in [2.45, 2.75) is 19.4 Å². The van der Waals surface area contributed by atoms with Crippen LogP contribution in [0.4, 0.5) is 0 Å². The topological polar surface area (TPSA) is 46.2 Å². The molecule has 0 saturated heterocycles. The summed E-state index contributed by atoms with van der Waals surface area (Å²) in [6.45, 7) is 2.70. The van der Waals surface area contributed by atoms with Gasteiger partial charge in [-0.25, -0.2) is 8.42 Å². The molecule has 1 atom stereocenters. The van der Waals surface area contributed by atoms with Gasteiger partial charge in [0, 0.05) is 22.3 Å². The third kappa shape index (κ3) is 5.14. The summed E-state index contributed by atoms with van der Waals surface area (Å²) in [6.07, 6.45) is 1.71. The number of rotatable bonds is 6. The van der Waals surface area contributed by atoms with Crippen molar-refractivity contribution in [3.63, 3.8) is 0 Å². The first kappa shape index (κ1) is 15.8. The normalized spacial score (nSPS) is 13.6. The van der Waals surface area contributed by atoms with Crippen LogP contribution in [0.3, 0.4) is 0 Å². The van der Waals surface area contributed by atoms with Gasteiger partial charge in [-0.2, -0.15) is 0 Å². The smallest absolute Gasteiger partial charge is 0.147 e. The zero-order valence-corrected chi connectivity index (χ0v) is 12.7. The Morgan fingerprint density at radius 1 is 1.33 bits per heavy atom. The number of nitrogens with one attached hydrogen (secondary N) is 1. The van der Waals surface area contributed by atoms with Gasteiger partial charge in [-0.3, -0.25) is 0 Å². The summed E-state index contributed by atoms with van der Waals surface area (Å²) in [7, 11) is -2.98. The summed E-state index contributed by atoms with van der Waals surface area (Å²) in [5.74, 6) is 0.119. The van der Waals surface area contributed by atoms with E-state index in [1.54, 1.807) is 18.2 Å². The molecule has 18 heavy (non-hydrogen) atoms. The second-order valence-corrected chi connectivity index (χ2v) is 7.30. The molecule has 0 saturated carbocycles. The standard InChI is InChI=1S/C12H17Cl2NO2S/c1-3-15-12(6-7-18(2,16)17)10-8-9(13)4-5-11(10)14/h4-5,8,12,15H,3,6-7H2,1-2H3. The average molecular weight is 310 g/mol. The van der Waals surface area contributed by atoms with Gasteiger partial charge < -0.3 is 5.32 Å². The van der Waals surface area contributed by atoms with Gasteiger partial charge in [0.15, 0.2) is 0 Å². The van der Waals surface area contributed by atoms with Crippen LogP contribution in [0.5, 0.6) is 0 Å². The Hall–Kier alpha value is -0.290. The van der Waals surface area contributed by atoms with E-state index in [1.807, 2.05) is 6.92 Å². The van der Waals surface area contributed by atoms with E-state index in [-0.39, 0.29) is 11.8 Å². The molecule has 1 unspecified atom stereocenters. The van der Waals surface area contributed by atoms with E-state index in [4.69, 9.17) is 23.2 Å². The second-order valence-electron chi connectivity index (χ2n) is 4.19. The lowest BCUT2D eigenvalue weighted by Crippen LogP contribution is -2.23. The first-order chi connectivity index (χ1) is 8.33. The molecule has 1 N–H and O–H groups in total. The average Bonchev–Trinajstić information content (AvgIpc) is 2.26. The molecule has 6 heteroatoms. The molecule has 1 aromatic rings. The zero-order valence-electron chi connectivity index (χ0n) is 10.4. The van der Waals surface area contributed by atoms with Crippen LogP contribution in [0.15, 0.2) is 18.2 Å². The largest absolute Gasteiger partial charge is 0.310 e. The predicted molar refractivity (Wildman–Crippen MR) is 77.2 cm³/mol. The van der Waals surface area contributed by atoms with Gasteiger partial charge in [-0.05, 0) is 36.7 Å². The fourth-order valence-electron chi connectivity index (χ4n) is 1.73. The van der Waals surface area contributed by atoms with Crippen molar-refractivity contribution in [3.8, 4) is 0 Å². The molecule has 1 aromatic carbocycles. The fourth-order valence-corrected chi connectivity index (χ4v) is 2.82. The highest BCUT2D eigenvalue weighted by Gasteiger charge is 2.16. The maximum Gasteiger partial charge on any atom is 0.147 e. The summed E-state index contributed by atoms with van der Waals surface area (Å²) in [5.41, 5.74) is 0.842. The SMILES string of the molecule is CCNC(CCS(C)(=O)=O)c1cc(Cl)ccc1Cl. The Labute approximate surface area is 118 Å². The van der Waals surface area contributed by atoms with Crippen LogP contribution in [0, 0.1) is 0 Å². The summed E-state index contributed by atoms with van der Waals surface area (Å²) < 4.78 is 22.5. The number of hydrogen-bond acceptors (Lipinski definition) is 3.